The van der Waals surface area contributed by atoms with Gasteiger partial charge in [0.1, 0.15) is 0 Å². The summed E-state index contributed by atoms with van der Waals surface area (Å²) in [7, 11) is 0. The van der Waals surface area contributed by atoms with Crippen molar-refractivity contribution in [3.8, 4) is 0 Å². The Balaban J connectivity index is 1.69. The molecule has 21 heavy (non-hydrogen) atoms. The topological polar surface area (TPSA) is 32.5 Å². The van der Waals surface area contributed by atoms with Crippen molar-refractivity contribution in [3.05, 3.63) is 29.3 Å². The molecule has 3 nitrogen and oxygen atoms in total. The summed E-state index contributed by atoms with van der Waals surface area (Å²) in [5, 5.41) is 0.855. The number of benzene rings is 1. The molecule has 1 aliphatic carbocycles. The lowest BCUT2D eigenvalue weighted by atomic mass is 9.87. The Morgan fingerprint density at radius 1 is 1.19 bits per heavy atom. The molecule has 0 radical (unpaired) electrons. The molecule has 0 bridgehead atoms. The second-order valence-corrected chi connectivity index (χ2v) is 6.77. The number of rotatable bonds is 5. The van der Waals surface area contributed by atoms with E-state index in [1.165, 1.54) is 24.9 Å². The summed E-state index contributed by atoms with van der Waals surface area (Å²) in [5.41, 5.74) is 7.59. The van der Waals surface area contributed by atoms with Crippen molar-refractivity contribution in [1.29, 1.82) is 0 Å². The van der Waals surface area contributed by atoms with E-state index < -0.39 is 0 Å². The normalized spacial score (nSPS) is 23.1. The lowest BCUT2D eigenvalue weighted by molar-refractivity contribution is 0.0623. The van der Waals surface area contributed by atoms with E-state index in [0.29, 0.717) is 0 Å². The molecule has 1 saturated carbocycles. The fraction of sp³-hybridized carbons (Fsp3) is 0.647. The number of anilines is 1. The van der Waals surface area contributed by atoms with Crippen LogP contribution in [0.25, 0.3) is 0 Å². The molecule has 3 rings (SSSR count). The predicted molar refractivity (Wildman–Crippen MR) is 90.0 cm³/mol. The number of hydrogen-bond donors (Lipinski definition) is 1. The molecule has 1 aromatic carbocycles. The van der Waals surface area contributed by atoms with Gasteiger partial charge in [-0.1, -0.05) is 30.7 Å². The number of para-hydroxylation sites is 1. The summed E-state index contributed by atoms with van der Waals surface area (Å²) >= 11 is 6.32. The first-order valence-electron chi connectivity index (χ1n) is 8.16. The van der Waals surface area contributed by atoms with Gasteiger partial charge in [-0.25, -0.2) is 0 Å². The third-order valence-electron chi connectivity index (χ3n) is 5.41. The zero-order valence-corrected chi connectivity index (χ0v) is 13.6. The SMILES string of the molecule is CCC(CN)(C1CC1)N1CCN(c2ccccc2Cl)CC1. The Hall–Kier alpha value is -0.770. The number of hydrogen-bond acceptors (Lipinski definition) is 3. The van der Waals surface area contributed by atoms with E-state index >= 15 is 0 Å². The Morgan fingerprint density at radius 2 is 1.86 bits per heavy atom. The molecule has 1 atom stereocenters. The molecule has 1 aromatic rings. The third kappa shape index (κ3) is 2.79. The van der Waals surface area contributed by atoms with Gasteiger partial charge < -0.3 is 10.6 Å². The maximum absolute atomic E-state index is 6.32. The van der Waals surface area contributed by atoms with Crippen LogP contribution in [0.4, 0.5) is 5.69 Å². The van der Waals surface area contributed by atoms with Gasteiger partial charge in [0, 0.05) is 38.3 Å². The van der Waals surface area contributed by atoms with Crippen molar-refractivity contribution in [1.82, 2.24) is 4.90 Å². The third-order valence-corrected chi connectivity index (χ3v) is 5.73. The second-order valence-electron chi connectivity index (χ2n) is 6.36. The van der Waals surface area contributed by atoms with Gasteiger partial charge in [0.25, 0.3) is 0 Å². The fourth-order valence-corrected chi connectivity index (χ4v) is 4.19. The van der Waals surface area contributed by atoms with E-state index in [9.17, 15) is 0 Å². The molecule has 2 aliphatic rings. The van der Waals surface area contributed by atoms with Crippen molar-refractivity contribution in [3.63, 3.8) is 0 Å². The van der Waals surface area contributed by atoms with Gasteiger partial charge in [-0.2, -0.15) is 0 Å². The van der Waals surface area contributed by atoms with Crippen LogP contribution in [0.2, 0.25) is 5.02 Å². The quantitative estimate of drug-likeness (QED) is 0.907. The Bertz CT molecular complexity index is 475. The smallest absolute Gasteiger partial charge is 0.0639 e. The first kappa shape index (κ1) is 15.1. The van der Waals surface area contributed by atoms with Gasteiger partial charge in [-0.3, -0.25) is 4.90 Å². The van der Waals surface area contributed by atoms with Crippen molar-refractivity contribution in [2.75, 3.05) is 37.6 Å². The van der Waals surface area contributed by atoms with Gasteiger partial charge >= 0.3 is 0 Å². The largest absolute Gasteiger partial charge is 0.368 e. The average Bonchev–Trinajstić information content (AvgIpc) is 3.36. The van der Waals surface area contributed by atoms with E-state index in [1.807, 2.05) is 12.1 Å². The molecule has 1 heterocycles. The highest BCUT2D eigenvalue weighted by Gasteiger charge is 2.47. The van der Waals surface area contributed by atoms with Gasteiger partial charge in [0.15, 0.2) is 0 Å². The molecule has 2 fully saturated rings. The van der Waals surface area contributed by atoms with E-state index in [2.05, 4.69) is 28.9 Å². The maximum atomic E-state index is 6.32. The van der Waals surface area contributed by atoms with Crippen LogP contribution in [0.3, 0.4) is 0 Å². The van der Waals surface area contributed by atoms with E-state index in [1.54, 1.807) is 0 Å². The van der Waals surface area contributed by atoms with Crippen LogP contribution in [0.15, 0.2) is 24.3 Å². The highest BCUT2D eigenvalue weighted by atomic mass is 35.5. The number of nitrogens with two attached hydrogens (primary N) is 1. The first-order chi connectivity index (χ1) is 10.2. The van der Waals surface area contributed by atoms with Crippen LogP contribution in [0.1, 0.15) is 26.2 Å². The lowest BCUT2D eigenvalue weighted by Crippen LogP contribution is -2.61. The minimum atomic E-state index is 0.243. The molecule has 1 aliphatic heterocycles. The molecule has 0 amide bonds. The molecule has 116 valence electrons. The Labute approximate surface area is 133 Å². The van der Waals surface area contributed by atoms with Crippen LogP contribution in [0.5, 0.6) is 0 Å². The Kier molecular flexibility index (Phi) is 4.43. The zero-order chi connectivity index (χ0) is 14.9. The van der Waals surface area contributed by atoms with Crippen molar-refractivity contribution < 1.29 is 0 Å². The molecular formula is C17H26ClN3. The summed E-state index contributed by atoms with van der Waals surface area (Å²) in [6.45, 7) is 7.35. The molecule has 1 unspecified atom stereocenters. The molecule has 2 N–H and O–H groups in total. The molecule has 0 aromatic heterocycles. The van der Waals surface area contributed by atoms with Crippen LogP contribution < -0.4 is 10.6 Å². The minimum Gasteiger partial charge on any atom is -0.368 e. The lowest BCUT2D eigenvalue weighted by Gasteiger charge is -2.48. The van der Waals surface area contributed by atoms with Gasteiger partial charge in [0.2, 0.25) is 0 Å². The highest BCUT2D eigenvalue weighted by Crippen LogP contribution is 2.45. The van der Waals surface area contributed by atoms with E-state index in [0.717, 1.165) is 43.7 Å². The molecule has 0 spiro atoms. The predicted octanol–water partition coefficient (Wildman–Crippen LogP) is 2.98. The number of halogens is 1. The van der Waals surface area contributed by atoms with Crippen LogP contribution in [0, 0.1) is 5.92 Å². The van der Waals surface area contributed by atoms with Crippen LogP contribution in [-0.2, 0) is 0 Å². The Morgan fingerprint density at radius 3 is 2.38 bits per heavy atom. The van der Waals surface area contributed by atoms with Gasteiger partial charge in [0.05, 0.1) is 10.7 Å². The van der Waals surface area contributed by atoms with Crippen molar-refractivity contribution in [2.45, 2.75) is 31.7 Å². The summed E-state index contributed by atoms with van der Waals surface area (Å²) in [6, 6.07) is 8.15. The standard InChI is InChI=1S/C17H26ClN3/c1-2-17(13-19,14-7-8-14)21-11-9-20(10-12-21)16-6-4-3-5-15(16)18/h3-6,14H,2,7-13,19H2,1H3. The van der Waals surface area contributed by atoms with Crippen molar-refractivity contribution in [2.24, 2.45) is 11.7 Å². The molecule has 4 heteroatoms. The van der Waals surface area contributed by atoms with E-state index in [-0.39, 0.29) is 5.54 Å². The number of nitrogens with zero attached hydrogens (tertiary/aromatic N) is 2. The summed E-state index contributed by atoms with van der Waals surface area (Å²) in [6.07, 6.45) is 3.88. The average molecular weight is 308 g/mol. The maximum Gasteiger partial charge on any atom is 0.0639 e. The zero-order valence-electron chi connectivity index (χ0n) is 12.9. The number of piperazine rings is 1. The van der Waals surface area contributed by atoms with Crippen molar-refractivity contribution >= 4 is 17.3 Å². The van der Waals surface area contributed by atoms with E-state index in [4.69, 9.17) is 17.3 Å². The molecular weight excluding hydrogens is 282 g/mol. The van der Waals surface area contributed by atoms with Crippen LogP contribution in [-0.4, -0.2) is 43.2 Å². The van der Waals surface area contributed by atoms with Gasteiger partial charge in [-0.15, -0.1) is 0 Å². The first-order valence-corrected chi connectivity index (χ1v) is 8.53. The minimum absolute atomic E-state index is 0.243. The highest BCUT2D eigenvalue weighted by molar-refractivity contribution is 6.33. The monoisotopic (exact) mass is 307 g/mol. The second kappa shape index (κ2) is 6.15. The van der Waals surface area contributed by atoms with Gasteiger partial charge in [-0.05, 0) is 37.3 Å². The summed E-state index contributed by atoms with van der Waals surface area (Å²) in [4.78, 5) is 5.06. The molecule has 1 saturated heterocycles. The summed E-state index contributed by atoms with van der Waals surface area (Å²) < 4.78 is 0. The summed E-state index contributed by atoms with van der Waals surface area (Å²) in [5.74, 6) is 0.819. The fourth-order valence-electron chi connectivity index (χ4n) is 3.93. The van der Waals surface area contributed by atoms with Crippen LogP contribution >= 0.6 is 11.6 Å².